The molecule has 0 spiro atoms. The number of alkyl halides is 1. The molecular formula is C13H13Cl3N2S. The van der Waals surface area contributed by atoms with Gasteiger partial charge < -0.3 is 4.57 Å². The van der Waals surface area contributed by atoms with Gasteiger partial charge in [-0.3, -0.25) is 0 Å². The first kappa shape index (κ1) is 13.9. The summed E-state index contributed by atoms with van der Waals surface area (Å²) in [4.78, 5) is 4.68. The maximum atomic E-state index is 6.15. The summed E-state index contributed by atoms with van der Waals surface area (Å²) >= 11 is 20.1. The number of hydrogen-bond acceptors (Lipinski definition) is 2. The molecule has 1 saturated heterocycles. The Kier molecular flexibility index (Phi) is 4.18. The smallest absolute Gasteiger partial charge is 0.111 e. The number of rotatable bonds is 3. The molecule has 1 aliphatic heterocycles. The quantitative estimate of drug-likeness (QED) is 0.750. The maximum Gasteiger partial charge on any atom is 0.111 e. The molecule has 1 aliphatic rings. The molecule has 2 aromatic rings. The van der Waals surface area contributed by atoms with E-state index in [0.717, 1.165) is 29.0 Å². The van der Waals surface area contributed by atoms with Crippen molar-refractivity contribution in [2.75, 3.05) is 17.4 Å². The molecule has 0 saturated carbocycles. The van der Waals surface area contributed by atoms with E-state index in [1.54, 1.807) is 0 Å². The van der Waals surface area contributed by atoms with Gasteiger partial charge >= 0.3 is 0 Å². The van der Waals surface area contributed by atoms with E-state index in [9.17, 15) is 0 Å². The highest BCUT2D eigenvalue weighted by molar-refractivity contribution is 7.99. The van der Waals surface area contributed by atoms with Gasteiger partial charge in [-0.15, -0.1) is 11.6 Å². The molecule has 6 heteroatoms. The van der Waals surface area contributed by atoms with Crippen LogP contribution in [0.15, 0.2) is 12.1 Å². The average molecular weight is 336 g/mol. The molecule has 0 bridgehead atoms. The Labute approximate surface area is 131 Å². The summed E-state index contributed by atoms with van der Waals surface area (Å²) in [5.41, 5.74) is 1.98. The minimum atomic E-state index is 0.491. The van der Waals surface area contributed by atoms with Gasteiger partial charge in [0.2, 0.25) is 0 Å². The first-order chi connectivity index (χ1) is 9.20. The molecule has 1 aromatic carbocycles. The molecule has 1 aromatic heterocycles. The van der Waals surface area contributed by atoms with Gasteiger partial charge in [0.15, 0.2) is 0 Å². The normalized spacial score (nSPS) is 19.4. The van der Waals surface area contributed by atoms with E-state index in [2.05, 4.69) is 9.55 Å². The van der Waals surface area contributed by atoms with E-state index in [-0.39, 0.29) is 0 Å². The molecule has 0 radical (unpaired) electrons. The van der Waals surface area contributed by atoms with E-state index in [4.69, 9.17) is 34.8 Å². The highest BCUT2D eigenvalue weighted by Crippen LogP contribution is 2.35. The zero-order valence-electron chi connectivity index (χ0n) is 10.2. The number of aromatic nitrogens is 2. The molecule has 3 rings (SSSR count). The number of halogens is 3. The molecule has 1 fully saturated rings. The van der Waals surface area contributed by atoms with Crippen LogP contribution in [0.1, 0.15) is 18.3 Å². The molecule has 2 heterocycles. The number of nitrogens with zero attached hydrogens (tertiary/aromatic N) is 2. The average Bonchev–Trinajstić information content (AvgIpc) is 2.98. The van der Waals surface area contributed by atoms with E-state index in [0.29, 0.717) is 22.0 Å². The molecule has 0 aliphatic carbocycles. The first-order valence-corrected chi connectivity index (χ1v) is 8.65. The van der Waals surface area contributed by atoms with Gasteiger partial charge in [0, 0.05) is 24.1 Å². The standard InChI is InChI=1S/C13H13Cl3N2S/c14-3-1-13-17-11-5-9(15)10(16)6-12(11)18(13)8-2-4-19-7-8/h5-6,8H,1-4,7H2. The lowest BCUT2D eigenvalue weighted by molar-refractivity contribution is 0.552. The second kappa shape index (κ2) is 5.72. The molecule has 1 unspecified atom stereocenters. The monoisotopic (exact) mass is 334 g/mol. The predicted molar refractivity (Wildman–Crippen MR) is 85.2 cm³/mol. The Morgan fingerprint density at radius 3 is 2.79 bits per heavy atom. The summed E-state index contributed by atoms with van der Waals surface area (Å²) in [7, 11) is 0. The van der Waals surface area contributed by atoms with Crippen LogP contribution in [-0.4, -0.2) is 26.9 Å². The number of hydrogen-bond donors (Lipinski definition) is 0. The number of thioether (sulfide) groups is 1. The third-order valence-corrected chi connectivity index (χ3v) is 5.45. The van der Waals surface area contributed by atoms with E-state index >= 15 is 0 Å². The summed E-state index contributed by atoms with van der Waals surface area (Å²) in [5.74, 6) is 3.94. The van der Waals surface area contributed by atoms with Gasteiger partial charge in [-0.25, -0.2) is 4.98 Å². The Hall–Kier alpha value is -0.0900. The van der Waals surface area contributed by atoms with E-state index in [1.165, 1.54) is 12.2 Å². The van der Waals surface area contributed by atoms with Crippen molar-refractivity contribution in [3.63, 3.8) is 0 Å². The topological polar surface area (TPSA) is 17.8 Å². The Balaban J connectivity index is 2.19. The van der Waals surface area contributed by atoms with Gasteiger partial charge in [0.05, 0.1) is 21.1 Å². The van der Waals surface area contributed by atoms with Crippen molar-refractivity contribution in [2.24, 2.45) is 0 Å². The van der Waals surface area contributed by atoms with Crippen LogP contribution in [0.2, 0.25) is 10.0 Å². The van der Waals surface area contributed by atoms with Crippen LogP contribution in [0.3, 0.4) is 0 Å². The molecule has 2 nitrogen and oxygen atoms in total. The summed E-state index contributed by atoms with van der Waals surface area (Å²) < 4.78 is 2.31. The van der Waals surface area contributed by atoms with Crippen molar-refractivity contribution in [1.29, 1.82) is 0 Å². The zero-order chi connectivity index (χ0) is 13.4. The maximum absolute atomic E-state index is 6.15. The molecule has 1 atom stereocenters. The van der Waals surface area contributed by atoms with Crippen molar-refractivity contribution in [2.45, 2.75) is 18.9 Å². The van der Waals surface area contributed by atoms with Gasteiger partial charge in [-0.2, -0.15) is 11.8 Å². The fraction of sp³-hybridized carbons (Fsp3) is 0.462. The van der Waals surface area contributed by atoms with Crippen LogP contribution in [0.25, 0.3) is 11.0 Å². The minimum Gasteiger partial charge on any atom is -0.324 e. The molecule has 0 N–H and O–H groups in total. The van der Waals surface area contributed by atoms with Crippen molar-refractivity contribution in [1.82, 2.24) is 9.55 Å². The van der Waals surface area contributed by atoms with Crippen LogP contribution < -0.4 is 0 Å². The van der Waals surface area contributed by atoms with Gasteiger partial charge in [-0.05, 0) is 24.3 Å². The molecule has 0 amide bonds. The van der Waals surface area contributed by atoms with Gasteiger partial charge in [0.25, 0.3) is 0 Å². The molecule has 19 heavy (non-hydrogen) atoms. The summed E-state index contributed by atoms with van der Waals surface area (Å²) in [6, 6.07) is 4.26. The fourth-order valence-electron chi connectivity index (χ4n) is 2.53. The second-order valence-corrected chi connectivity index (χ2v) is 6.95. The first-order valence-electron chi connectivity index (χ1n) is 6.20. The number of benzene rings is 1. The second-order valence-electron chi connectivity index (χ2n) is 4.61. The third-order valence-electron chi connectivity index (χ3n) is 3.39. The Bertz CT molecular complexity index is 605. The summed E-state index contributed by atoms with van der Waals surface area (Å²) in [6.45, 7) is 0. The minimum absolute atomic E-state index is 0.491. The highest BCUT2D eigenvalue weighted by Gasteiger charge is 2.23. The van der Waals surface area contributed by atoms with Crippen LogP contribution in [-0.2, 0) is 6.42 Å². The van der Waals surface area contributed by atoms with E-state index < -0.39 is 0 Å². The third kappa shape index (κ3) is 2.58. The summed E-state index contributed by atoms with van der Waals surface area (Å²) in [5, 5.41) is 1.13. The van der Waals surface area contributed by atoms with E-state index in [1.807, 2.05) is 23.9 Å². The van der Waals surface area contributed by atoms with Crippen LogP contribution >= 0.6 is 46.6 Å². The summed E-state index contributed by atoms with van der Waals surface area (Å²) in [6.07, 6.45) is 1.94. The number of aryl methyl sites for hydroxylation is 1. The highest BCUT2D eigenvalue weighted by atomic mass is 35.5. The van der Waals surface area contributed by atoms with Crippen molar-refractivity contribution < 1.29 is 0 Å². The largest absolute Gasteiger partial charge is 0.324 e. The number of imidazole rings is 1. The van der Waals surface area contributed by atoms with Crippen LogP contribution in [0, 0.1) is 0 Å². The van der Waals surface area contributed by atoms with Crippen LogP contribution in [0.4, 0.5) is 0 Å². The predicted octanol–water partition coefficient (Wildman–Crippen LogP) is 4.80. The van der Waals surface area contributed by atoms with Crippen LogP contribution in [0.5, 0.6) is 0 Å². The number of fused-ring (bicyclic) bond motifs is 1. The SMILES string of the molecule is ClCCc1nc2cc(Cl)c(Cl)cc2n1C1CCSC1. The Morgan fingerprint density at radius 1 is 1.32 bits per heavy atom. The lowest BCUT2D eigenvalue weighted by Gasteiger charge is -2.15. The van der Waals surface area contributed by atoms with Gasteiger partial charge in [-0.1, -0.05) is 23.2 Å². The lowest BCUT2D eigenvalue weighted by atomic mass is 10.2. The lowest BCUT2D eigenvalue weighted by Crippen LogP contribution is -2.12. The van der Waals surface area contributed by atoms with Crippen molar-refractivity contribution >= 4 is 57.6 Å². The van der Waals surface area contributed by atoms with Crippen molar-refractivity contribution in [3.05, 3.63) is 28.0 Å². The zero-order valence-corrected chi connectivity index (χ0v) is 13.3. The molecular weight excluding hydrogens is 323 g/mol. The molecule has 102 valence electrons. The van der Waals surface area contributed by atoms with Gasteiger partial charge in [0.1, 0.15) is 5.82 Å². The van der Waals surface area contributed by atoms with Crippen molar-refractivity contribution in [3.8, 4) is 0 Å². The Morgan fingerprint density at radius 2 is 2.11 bits per heavy atom. The fourth-order valence-corrected chi connectivity index (χ4v) is 4.21.